The van der Waals surface area contributed by atoms with Gasteiger partial charge in [0.2, 0.25) is 0 Å². The van der Waals surface area contributed by atoms with Crippen molar-refractivity contribution in [3.8, 4) is 0 Å². The zero-order valence-corrected chi connectivity index (χ0v) is 37.4. The molecule has 1 unspecified atom stereocenters. The average Bonchev–Trinajstić information content (AvgIpc) is 2.97. The van der Waals surface area contributed by atoms with Crippen LogP contribution in [0.25, 0.3) is 43.1 Å². The minimum Gasteiger partial charge on any atom is -0.304 e. The molecule has 1 nitrogen and oxygen atoms in total. The van der Waals surface area contributed by atoms with Crippen molar-refractivity contribution in [3.63, 3.8) is 0 Å². The second-order valence-electron chi connectivity index (χ2n) is 17.2. The van der Waals surface area contributed by atoms with E-state index in [2.05, 4.69) is 31.3 Å². The summed E-state index contributed by atoms with van der Waals surface area (Å²) in [6, 6.07) is 8.69. The fourth-order valence-corrected chi connectivity index (χ4v) is 10.0. The number of benzene rings is 9. The van der Waals surface area contributed by atoms with Crippen LogP contribution in [0.3, 0.4) is 0 Å². The van der Waals surface area contributed by atoms with Gasteiger partial charge in [0.15, 0.2) is 116 Å². The van der Waals surface area contributed by atoms with E-state index in [1.54, 1.807) is 4.90 Å². The molecule has 9 aromatic rings. The summed E-state index contributed by atoms with van der Waals surface area (Å²) < 4.78 is 442. The van der Waals surface area contributed by atoms with Crippen LogP contribution in [-0.2, 0) is 6.42 Å². The lowest BCUT2D eigenvalue weighted by Gasteiger charge is -2.45. The van der Waals surface area contributed by atoms with Crippen molar-refractivity contribution >= 4 is 76.8 Å². The Bertz CT molecular complexity index is 3780. The van der Waals surface area contributed by atoms with E-state index in [4.69, 9.17) is 0 Å². The molecule has 0 saturated carbocycles. The maximum atomic E-state index is 17.4. The van der Waals surface area contributed by atoms with E-state index in [0.29, 0.717) is 0 Å². The third-order valence-electron chi connectivity index (χ3n) is 13.5. The van der Waals surface area contributed by atoms with Gasteiger partial charge in [0, 0.05) is 12.0 Å². The summed E-state index contributed by atoms with van der Waals surface area (Å²) in [6.07, 6.45) is -6.73. The number of nitrogens with one attached hydrogen (secondary N) is 1. The zero-order valence-electron chi connectivity index (χ0n) is 37.4. The third kappa shape index (κ3) is 7.22. The Kier molecular flexibility index (Phi) is 13.3. The van der Waals surface area contributed by atoms with E-state index in [1.165, 1.54) is 24.2 Å². The van der Waals surface area contributed by atoms with E-state index < -0.39 is 234 Å². The first-order valence-corrected chi connectivity index (χ1v) is 21.2. The van der Waals surface area contributed by atoms with Gasteiger partial charge in [0.25, 0.3) is 0 Å². The SMILES string of the molecule is C[NH+]1CCc2ccccc21.Fc1c(F)c(F)c2c(F)c([B-](c3c(F)c(F)c4c(F)c(F)c(F)c(F)c4c3F)(c3c(F)c(F)c4c(F)c(F)c(F)c(F)c4c3F)c3c(F)c(F)c4c(F)c(F)c(F)c(F)c4c3F)c(F)c(F)c2c1F. The molecule has 79 heavy (non-hydrogen) atoms. The van der Waals surface area contributed by atoms with Gasteiger partial charge in [-0.15, -0.1) is 21.9 Å². The summed E-state index contributed by atoms with van der Waals surface area (Å²) in [5.41, 5.74) is -12.9. The predicted molar refractivity (Wildman–Crippen MR) is 220 cm³/mol. The Morgan fingerprint density at radius 3 is 0.658 bits per heavy atom. The molecule has 1 heterocycles. The normalized spacial score (nSPS) is 13.7. The van der Waals surface area contributed by atoms with Crippen molar-refractivity contribution in [3.05, 3.63) is 193 Å². The maximum absolute atomic E-state index is 17.4. The van der Waals surface area contributed by atoms with Crippen molar-refractivity contribution in [2.24, 2.45) is 0 Å². The Morgan fingerprint density at radius 2 is 0.443 bits per heavy atom. The van der Waals surface area contributed by atoms with Gasteiger partial charge < -0.3 is 4.90 Å². The maximum Gasteiger partial charge on any atom is 0.198 e. The fraction of sp³-hybridized carbons (Fsp3) is 0.0612. The molecule has 9 aromatic carbocycles. The summed E-state index contributed by atoms with van der Waals surface area (Å²) in [4.78, 5) is 1.55. The van der Waals surface area contributed by atoms with Gasteiger partial charge in [-0.25, -0.2) is 123 Å². The molecule has 0 saturated heterocycles. The van der Waals surface area contributed by atoms with Gasteiger partial charge in [-0.3, -0.25) is 0 Å². The smallest absolute Gasteiger partial charge is 0.198 e. The number of quaternary nitrogens is 1. The van der Waals surface area contributed by atoms with Crippen molar-refractivity contribution in [1.82, 2.24) is 0 Å². The molecule has 0 amide bonds. The molecule has 10 rings (SSSR count). The summed E-state index contributed by atoms with van der Waals surface area (Å²) in [7, 11) is 2.23. The molecule has 0 radical (unpaired) electrons. The second-order valence-corrected chi connectivity index (χ2v) is 17.2. The molecule has 0 fully saturated rings. The molecule has 1 aliphatic heterocycles. The van der Waals surface area contributed by atoms with Gasteiger partial charge in [-0.2, -0.15) is 0 Å². The van der Waals surface area contributed by atoms with Crippen molar-refractivity contribution in [1.29, 1.82) is 0 Å². The second kappa shape index (κ2) is 18.9. The van der Waals surface area contributed by atoms with Crippen molar-refractivity contribution in [2.75, 3.05) is 13.6 Å². The number of fused-ring (bicyclic) bond motifs is 5. The van der Waals surface area contributed by atoms with Crippen LogP contribution in [0, 0.1) is 163 Å². The monoisotopic (exact) mass is 1160 g/mol. The van der Waals surface area contributed by atoms with Gasteiger partial charge in [0.1, 0.15) is 58.4 Å². The minimum absolute atomic E-state index is 1.25. The Labute approximate surface area is 417 Å². The summed E-state index contributed by atoms with van der Waals surface area (Å²) in [6.45, 7) is 1.26. The standard InChI is InChI=1S/C40BF28.C9H11N/c42-13-1-5(25(54)37(66)33(62)21(1)50)17(46)29(58)9(13)41(10-14(43)2-6(18(47)30(10)59)26(55)38(67)34(63)22(2)51,11-15(44)3-7(19(48)31(11)60)27(56)39(68)35(64)23(3)52)12-16(45)4-8(20(49)32(12)61)28(57)40(69)36(65)24(4)53;1-10-7-6-8-4-2-3-5-9(8)10/h;2-5H,6-7H2,1H3/q-1;/p+1. The molecule has 30 heteroatoms. The summed E-state index contributed by atoms with van der Waals surface area (Å²) in [5.74, 6) is -102. The molecule has 1 atom stereocenters. The predicted octanol–water partition coefficient (Wildman–Crippen LogP) is 12.0. The number of hydrogen-bond acceptors (Lipinski definition) is 0. The van der Waals surface area contributed by atoms with E-state index in [9.17, 15) is 35.1 Å². The van der Waals surface area contributed by atoms with Crippen LogP contribution in [0.2, 0.25) is 0 Å². The third-order valence-corrected chi connectivity index (χ3v) is 13.5. The van der Waals surface area contributed by atoms with Crippen LogP contribution in [0.15, 0.2) is 24.3 Å². The van der Waals surface area contributed by atoms with Crippen LogP contribution in [-0.4, -0.2) is 19.7 Å². The van der Waals surface area contributed by atoms with Crippen LogP contribution in [0.5, 0.6) is 0 Å². The number of para-hydroxylation sites is 1. The van der Waals surface area contributed by atoms with Crippen molar-refractivity contribution in [2.45, 2.75) is 6.42 Å². The zero-order chi connectivity index (χ0) is 58.6. The highest BCUT2D eigenvalue weighted by molar-refractivity contribution is 7.20. The van der Waals surface area contributed by atoms with Gasteiger partial charge in [-0.1, -0.05) is 18.2 Å². The van der Waals surface area contributed by atoms with Crippen molar-refractivity contribution < 1.29 is 128 Å². The highest BCUT2D eigenvalue weighted by Gasteiger charge is 2.52. The first kappa shape index (κ1) is 55.8. The van der Waals surface area contributed by atoms with E-state index in [-0.39, 0.29) is 0 Å². The van der Waals surface area contributed by atoms with E-state index in [0.717, 1.165) is 0 Å². The summed E-state index contributed by atoms with van der Waals surface area (Å²) >= 11 is 0. The molecular weight excluding hydrogens is 1150 g/mol. The highest BCUT2D eigenvalue weighted by Crippen LogP contribution is 2.41. The molecule has 0 aromatic heterocycles. The number of rotatable bonds is 4. The highest BCUT2D eigenvalue weighted by atomic mass is 19.2. The first-order valence-electron chi connectivity index (χ1n) is 21.2. The first-order chi connectivity index (χ1) is 36.9. The topological polar surface area (TPSA) is 4.44 Å². The van der Waals surface area contributed by atoms with Crippen LogP contribution < -0.4 is 26.8 Å². The quantitative estimate of drug-likeness (QED) is 0.0775. The number of halogens is 28. The van der Waals surface area contributed by atoms with E-state index >= 15 is 87.8 Å². The minimum atomic E-state index is -7.99. The molecule has 0 aliphatic carbocycles. The lowest BCUT2D eigenvalue weighted by Crippen LogP contribution is -3.02. The Morgan fingerprint density at radius 1 is 0.253 bits per heavy atom. The van der Waals surface area contributed by atoms with E-state index in [1.807, 2.05) is 0 Å². The van der Waals surface area contributed by atoms with Gasteiger partial charge >= 0.3 is 0 Å². The molecular formula is C49H12BF28N. The largest absolute Gasteiger partial charge is 0.304 e. The average molecular weight is 1160 g/mol. The van der Waals surface area contributed by atoms with Crippen LogP contribution in [0.4, 0.5) is 129 Å². The number of likely N-dealkylation sites (N-methyl/N-ethyl adjacent to an activating group) is 1. The molecule has 0 spiro atoms. The van der Waals surface area contributed by atoms with Crippen LogP contribution >= 0.6 is 0 Å². The van der Waals surface area contributed by atoms with Crippen LogP contribution in [0.1, 0.15) is 5.56 Å². The molecule has 412 valence electrons. The van der Waals surface area contributed by atoms with Gasteiger partial charge in [-0.05, 0) is 6.07 Å². The fourth-order valence-electron chi connectivity index (χ4n) is 10.0. The molecule has 0 bridgehead atoms. The van der Waals surface area contributed by atoms with Gasteiger partial charge in [0.05, 0.1) is 56.7 Å². The molecule has 1 aliphatic rings. The Balaban J connectivity index is 0.000000675. The summed E-state index contributed by atoms with van der Waals surface area (Å²) in [5, 5.41) is -25.0. The number of hydrogen-bond donors (Lipinski definition) is 1. The lowest BCUT2D eigenvalue weighted by atomic mass is 9.12. The molecule has 1 N–H and O–H groups in total. The Hall–Kier alpha value is -7.92. The lowest BCUT2D eigenvalue weighted by molar-refractivity contribution is -0.803.